The fourth-order valence-corrected chi connectivity index (χ4v) is 9.90. The lowest BCUT2D eigenvalue weighted by atomic mass is 10.2. The summed E-state index contributed by atoms with van der Waals surface area (Å²) >= 11 is 0. The zero-order valence-corrected chi connectivity index (χ0v) is 32.0. The van der Waals surface area contributed by atoms with Crippen molar-refractivity contribution in [3.8, 4) is 0 Å². The second kappa shape index (κ2) is 18.0. The average molecular weight is 791 g/mol. The van der Waals surface area contributed by atoms with Gasteiger partial charge in [0.05, 0.1) is 58.4 Å². The van der Waals surface area contributed by atoms with Gasteiger partial charge in [-0.15, -0.1) is 0 Å². The van der Waals surface area contributed by atoms with Crippen LogP contribution in [0.3, 0.4) is 0 Å². The first-order chi connectivity index (χ1) is 25.2. The van der Waals surface area contributed by atoms with Gasteiger partial charge in [-0.05, 0) is 87.4 Å². The third-order valence-electron chi connectivity index (χ3n) is 7.47. The van der Waals surface area contributed by atoms with Gasteiger partial charge in [-0.1, -0.05) is 24.3 Å². The van der Waals surface area contributed by atoms with E-state index in [0.29, 0.717) is 22.5 Å². The number of sulfone groups is 1. The minimum absolute atomic E-state index is 0.00820. The van der Waals surface area contributed by atoms with Crippen LogP contribution in [0.15, 0.2) is 94.7 Å². The Bertz CT molecular complexity index is 1970. The van der Waals surface area contributed by atoms with Crippen LogP contribution in [0.5, 0.6) is 0 Å². The van der Waals surface area contributed by atoms with Crippen molar-refractivity contribution < 1.29 is 45.5 Å². The Morgan fingerprint density at radius 1 is 0.566 bits per heavy atom. The molecule has 19 heteroatoms. The van der Waals surface area contributed by atoms with Crippen LogP contribution in [0.4, 0.5) is 34.1 Å². The van der Waals surface area contributed by atoms with Crippen LogP contribution in [0.25, 0.3) is 0 Å². The summed E-state index contributed by atoms with van der Waals surface area (Å²) < 4.78 is 74.4. The molecule has 0 spiro atoms. The molecule has 0 bridgehead atoms. The number of hydrogen-bond donors (Lipinski definition) is 2. The summed E-state index contributed by atoms with van der Waals surface area (Å²) in [6.07, 6.45) is 0.0549. The number of anilines is 4. The fourth-order valence-electron chi connectivity index (χ4n) is 5.20. The van der Waals surface area contributed by atoms with Gasteiger partial charge < -0.3 is 28.7 Å². The quantitative estimate of drug-likeness (QED) is 0.0485. The maximum absolute atomic E-state index is 13.6. The van der Waals surface area contributed by atoms with E-state index in [9.17, 15) is 37.8 Å². The lowest BCUT2D eigenvalue weighted by Crippen LogP contribution is -2.06. The van der Waals surface area contributed by atoms with E-state index in [1.807, 2.05) is 0 Å². The van der Waals surface area contributed by atoms with Gasteiger partial charge in [0, 0.05) is 23.5 Å². The van der Waals surface area contributed by atoms with E-state index in [2.05, 4.69) is 10.6 Å². The smallest absolute Gasteiger partial charge is 0.335 e. The number of nitro groups is 2. The molecule has 0 radical (unpaired) electrons. The number of nitrogens with one attached hydrogen (secondary N) is 2. The average Bonchev–Trinajstić information content (AvgIpc) is 3.10. The van der Waals surface area contributed by atoms with E-state index in [0.717, 1.165) is 24.3 Å². The molecule has 284 valence electrons. The number of nitrogens with zero attached hydrogens (tertiary/aromatic N) is 2. The van der Waals surface area contributed by atoms with Crippen LogP contribution >= 0.6 is 15.2 Å². The topological polar surface area (TPSA) is 216 Å². The van der Waals surface area contributed by atoms with Gasteiger partial charge in [0.2, 0.25) is 9.84 Å². The van der Waals surface area contributed by atoms with E-state index >= 15 is 0 Å². The molecular weight excluding hydrogens is 750 g/mol. The Morgan fingerprint density at radius 3 is 1.17 bits per heavy atom. The van der Waals surface area contributed by atoms with Crippen LogP contribution in [0.2, 0.25) is 0 Å². The third-order valence-corrected chi connectivity index (χ3v) is 13.3. The minimum Gasteiger partial charge on any atom is -0.350 e. The molecule has 0 fully saturated rings. The van der Waals surface area contributed by atoms with Crippen LogP contribution in [-0.4, -0.2) is 44.7 Å². The highest BCUT2D eigenvalue weighted by molar-refractivity contribution is 7.91. The van der Waals surface area contributed by atoms with Crippen molar-refractivity contribution in [1.82, 2.24) is 0 Å². The first-order valence-electron chi connectivity index (χ1n) is 16.5. The van der Waals surface area contributed by atoms with Gasteiger partial charge in [0.1, 0.15) is 11.4 Å². The second-order valence-electron chi connectivity index (χ2n) is 11.2. The largest absolute Gasteiger partial charge is 0.350 e. The molecule has 4 aromatic rings. The lowest BCUT2D eigenvalue weighted by molar-refractivity contribution is -0.384. The van der Waals surface area contributed by atoms with Crippen LogP contribution in [-0.2, 0) is 49.4 Å². The van der Waals surface area contributed by atoms with Crippen molar-refractivity contribution in [3.05, 3.63) is 116 Å². The fraction of sp³-hybridized carbons (Fsp3) is 0.294. The molecule has 0 aromatic heterocycles. The summed E-state index contributed by atoms with van der Waals surface area (Å²) in [7, 11) is -11.2. The Kier molecular flexibility index (Phi) is 14.1. The molecule has 53 heavy (non-hydrogen) atoms. The molecule has 0 aliphatic carbocycles. The van der Waals surface area contributed by atoms with E-state index < -0.39 is 56.0 Å². The molecule has 16 nitrogen and oxygen atoms in total. The van der Waals surface area contributed by atoms with Crippen molar-refractivity contribution in [3.63, 3.8) is 0 Å². The summed E-state index contributed by atoms with van der Waals surface area (Å²) in [4.78, 5) is 21.7. The third kappa shape index (κ3) is 10.8. The van der Waals surface area contributed by atoms with Crippen LogP contribution in [0, 0.1) is 20.2 Å². The van der Waals surface area contributed by atoms with E-state index in [4.69, 9.17) is 18.1 Å². The highest BCUT2D eigenvalue weighted by Crippen LogP contribution is 2.52. The first-order valence-corrected chi connectivity index (χ1v) is 21.4. The predicted molar refractivity (Wildman–Crippen MR) is 200 cm³/mol. The number of hydrogen-bond acceptors (Lipinski definition) is 14. The second-order valence-corrected chi connectivity index (χ2v) is 17.3. The molecule has 0 aliphatic rings. The summed E-state index contributed by atoms with van der Waals surface area (Å²) in [5, 5.41) is 29.9. The Labute approximate surface area is 307 Å². The van der Waals surface area contributed by atoms with E-state index in [1.54, 1.807) is 76.2 Å². The zero-order chi connectivity index (χ0) is 38.8. The molecule has 0 unspecified atom stereocenters. The summed E-state index contributed by atoms with van der Waals surface area (Å²) in [5.74, 6) is 0. The van der Waals surface area contributed by atoms with E-state index in [-0.39, 0.29) is 50.1 Å². The van der Waals surface area contributed by atoms with Gasteiger partial charge in [0.15, 0.2) is 0 Å². The zero-order valence-electron chi connectivity index (χ0n) is 29.4. The van der Waals surface area contributed by atoms with Crippen molar-refractivity contribution >= 4 is 59.2 Å². The van der Waals surface area contributed by atoms with Gasteiger partial charge >= 0.3 is 15.2 Å². The van der Waals surface area contributed by atoms with Crippen molar-refractivity contribution in [2.24, 2.45) is 0 Å². The summed E-state index contributed by atoms with van der Waals surface area (Å²) in [5.41, 5.74) is 1.03. The highest BCUT2D eigenvalue weighted by Gasteiger charge is 2.28. The standard InChI is InChI=1S/C34H40N4O12P2S/c1-5-47-51(43,48-6-2)23-25-9-13-27(14-10-25)35-31-19-17-29(21-33(31)37(39)40)53(45,46)30-18-20-32(34(22-30)38(41)42)36-28-15-11-26(12-16-28)24-52(44,49-7-3)50-8-4/h9-22,35-36H,5-8,23-24H2,1-4H3. The number of benzene rings is 4. The SMILES string of the molecule is CCOP(=O)(Cc1ccc(Nc2ccc(S(=O)(=O)c3ccc(Nc4ccc(CP(=O)(OCC)OCC)cc4)c([N+](=O)[O-])c3)cc2[N+](=O)[O-])cc1)OCC. The normalized spacial score (nSPS) is 12.0. The van der Waals surface area contributed by atoms with Crippen molar-refractivity contribution in [1.29, 1.82) is 0 Å². The minimum atomic E-state index is -4.46. The maximum atomic E-state index is 13.6. The molecule has 0 heterocycles. The van der Waals surface area contributed by atoms with Crippen molar-refractivity contribution in [2.45, 2.75) is 49.8 Å². The molecule has 0 atom stereocenters. The molecule has 0 amide bonds. The van der Waals surface area contributed by atoms with Gasteiger partial charge in [0.25, 0.3) is 11.4 Å². The molecule has 0 saturated carbocycles. The predicted octanol–water partition coefficient (Wildman–Crippen LogP) is 9.36. The number of nitro benzene ring substituents is 2. The Morgan fingerprint density at radius 2 is 0.887 bits per heavy atom. The van der Waals surface area contributed by atoms with Gasteiger partial charge in [-0.2, -0.15) is 0 Å². The van der Waals surface area contributed by atoms with Gasteiger partial charge in [-0.3, -0.25) is 29.4 Å². The number of rotatable bonds is 20. The van der Waals surface area contributed by atoms with Gasteiger partial charge in [-0.25, -0.2) is 8.42 Å². The Balaban J connectivity index is 1.55. The molecular formula is C34H40N4O12P2S. The molecule has 4 rings (SSSR count). The first kappa shape index (κ1) is 41.3. The monoisotopic (exact) mass is 790 g/mol. The molecule has 2 N–H and O–H groups in total. The maximum Gasteiger partial charge on any atom is 0.335 e. The summed E-state index contributed by atoms with van der Waals surface area (Å²) in [6.45, 7) is 7.67. The highest BCUT2D eigenvalue weighted by atomic mass is 32.2. The van der Waals surface area contributed by atoms with Crippen LogP contribution in [0.1, 0.15) is 38.8 Å². The molecule has 0 saturated heterocycles. The van der Waals surface area contributed by atoms with Crippen LogP contribution < -0.4 is 10.6 Å². The van der Waals surface area contributed by atoms with E-state index in [1.165, 1.54) is 12.1 Å². The lowest BCUT2D eigenvalue weighted by Gasteiger charge is -2.17. The summed E-state index contributed by atoms with van der Waals surface area (Å²) in [6, 6.07) is 19.6. The molecule has 4 aromatic carbocycles. The van der Waals surface area contributed by atoms with Crippen molar-refractivity contribution in [2.75, 3.05) is 37.1 Å². The molecule has 0 aliphatic heterocycles. The Hall–Kier alpha value is -4.47.